The molecule has 23 heavy (non-hydrogen) atoms. The largest absolute Gasteiger partial charge is 0.481 e. The minimum Gasteiger partial charge on any atom is -0.481 e. The molecule has 2 heterocycles. The van der Waals surface area contributed by atoms with E-state index >= 15 is 0 Å². The average molecular weight is 372 g/mol. The molecule has 0 aromatic heterocycles. The number of rotatable bonds is 4. The molecule has 0 unspecified atom stereocenters. The van der Waals surface area contributed by atoms with E-state index in [0.717, 1.165) is 11.8 Å². The zero-order valence-electron chi connectivity index (χ0n) is 11.6. The number of aliphatic carboxylic acids is 1. The van der Waals surface area contributed by atoms with Crippen LogP contribution in [-0.2, 0) is 9.59 Å². The summed E-state index contributed by atoms with van der Waals surface area (Å²) in [6, 6.07) is 3.39. The molecule has 0 radical (unpaired) electrons. The van der Waals surface area contributed by atoms with Gasteiger partial charge in [-0.05, 0) is 23.8 Å². The number of hydrogen-bond donors (Lipinski definition) is 1. The first kappa shape index (κ1) is 16.1. The van der Waals surface area contributed by atoms with Crippen molar-refractivity contribution in [2.75, 3.05) is 13.3 Å². The molecule has 6 nitrogen and oxygen atoms in total. The number of thiocarbonyl (C=S) groups is 1. The molecule has 0 saturated carbocycles. The number of carbonyl (C=O) groups is 2. The standard InChI is InChI=1S/C14H10ClNO5S2/c15-8-3-7(4-9-12(8)21-6-20-9)5-10-13(19)16(14(22)23-10)2-1-11(17)18/h3-5H,1-2,6H2,(H,17,18)/b10-5+. The van der Waals surface area contributed by atoms with Crippen molar-refractivity contribution < 1.29 is 24.2 Å². The first-order valence-corrected chi connectivity index (χ1v) is 8.12. The molecule has 2 aliphatic heterocycles. The van der Waals surface area contributed by atoms with Gasteiger partial charge in [-0.15, -0.1) is 0 Å². The van der Waals surface area contributed by atoms with Crippen LogP contribution in [-0.4, -0.2) is 39.5 Å². The maximum Gasteiger partial charge on any atom is 0.305 e. The summed E-state index contributed by atoms with van der Waals surface area (Å²) in [5.74, 6) is -0.288. The molecule has 3 rings (SSSR count). The van der Waals surface area contributed by atoms with Crippen LogP contribution in [0.25, 0.3) is 6.08 Å². The second-order valence-corrected chi connectivity index (χ2v) is 6.80. The molecule has 120 valence electrons. The molecule has 1 aromatic carbocycles. The number of carbonyl (C=O) groups excluding carboxylic acids is 1. The van der Waals surface area contributed by atoms with Crippen LogP contribution < -0.4 is 9.47 Å². The molecule has 0 atom stereocenters. The van der Waals surface area contributed by atoms with Crippen LogP contribution in [0.5, 0.6) is 11.5 Å². The second kappa shape index (κ2) is 6.38. The third-order valence-corrected chi connectivity index (χ3v) is 4.83. The lowest BCUT2D eigenvalue weighted by Crippen LogP contribution is -2.30. The Morgan fingerprint density at radius 1 is 1.48 bits per heavy atom. The Labute approximate surface area is 146 Å². The normalized spacial score (nSPS) is 18.1. The fourth-order valence-corrected chi connectivity index (χ4v) is 3.70. The van der Waals surface area contributed by atoms with Gasteiger partial charge in [-0.25, -0.2) is 0 Å². The SMILES string of the molecule is O=C(O)CCN1C(=O)/C(=C\c2cc(Cl)c3c(c2)OCO3)SC1=S. The van der Waals surface area contributed by atoms with Crippen molar-refractivity contribution in [2.24, 2.45) is 0 Å². The van der Waals surface area contributed by atoms with Crippen molar-refractivity contribution in [1.82, 2.24) is 4.90 Å². The Bertz CT molecular complexity index is 749. The average Bonchev–Trinajstić information content (AvgIpc) is 3.04. The number of ether oxygens (including phenoxy) is 2. The van der Waals surface area contributed by atoms with E-state index < -0.39 is 5.97 Å². The van der Waals surface area contributed by atoms with Gasteiger partial charge in [-0.3, -0.25) is 14.5 Å². The fraction of sp³-hybridized carbons (Fsp3) is 0.214. The summed E-state index contributed by atoms with van der Waals surface area (Å²) < 4.78 is 10.9. The molecule has 0 aliphatic carbocycles. The fourth-order valence-electron chi connectivity index (χ4n) is 2.12. The van der Waals surface area contributed by atoms with E-state index in [1.807, 2.05) is 0 Å². The Kier molecular flexibility index (Phi) is 4.47. The maximum atomic E-state index is 12.3. The minimum atomic E-state index is -0.981. The number of fused-ring (bicyclic) bond motifs is 1. The third-order valence-electron chi connectivity index (χ3n) is 3.17. The Morgan fingerprint density at radius 2 is 2.26 bits per heavy atom. The minimum absolute atomic E-state index is 0.0548. The third kappa shape index (κ3) is 3.29. The monoisotopic (exact) mass is 371 g/mol. The van der Waals surface area contributed by atoms with Crippen LogP contribution in [0, 0.1) is 0 Å². The molecule has 1 amide bonds. The first-order chi connectivity index (χ1) is 11.0. The number of carboxylic acid groups (broad SMARTS) is 1. The van der Waals surface area contributed by atoms with Gasteiger partial charge < -0.3 is 14.6 Å². The summed E-state index contributed by atoms with van der Waals surface area (Å²) in [5.41, 5.74) is 0.679. The smallest absolute Gasteiger partial charge is 0.305 e. The number of carboxylic acids is 1. The van der Waals surface area contributed by atoms with Crippen LogP contribution >= 0.6 is 35.6 Å². The highest BCUT2D eigenvalue weighted by molar-refractivity contribution is 8.26. The van der Waals surface area contributed by atoms with Crippen molar-refractivity contribution in [2.45, 2.75) is 6.42 Å². The highest BCUT2D eigenvalue weighted by Gasteiger charge is 2.32. The molecule has 1 fully saturated rings. The summed E-state index contributed by atoms with van der Waals surface area (Å²) in [7, 11) is 0. The van der Waals surface area contributed by atoms with Crippen molar-refractivity contribution in [3.8, 4) is 11.5 Å². The van der Waals surface area contributed by atoms with Crippen molar-refractivity contribution in [3.05, 3.63) is 27.6 Å². The van der Waals surface area contributed by atoms with Crippen molar-refractivity contribution >= 4 is 57.9 Å². The molecule has 2 aliphatic rings. The lowest BCUT2D eigenvalue weighted by atomic mass is 10.2. The van der Waals surface area contributed by atoms with Crippen LogP contribution in [0.4, 0.5) is 0 Å². The number of hydrogen-bond acceptors (Lipinski definition) is 6. The van der Waals surface area contributed by atoms with Crippen LogP contribution in [0.1, 0.15) is 12.0 Å². The van der Waals surface area contributed by atoms with Gasteiger partial charge in [0.2, 0.25) is 6.79 Å². The van der Waals surface area contributed by atoms with E-state index in [-0.39, 0.29) is 25.7 Å². The number of benzene rings is 1. The molecule has 0 bridgehead atoms. The number of nitrogens with zero attached hydrogens (tertiary/aromatic N) is 1. The summed E-state index contributed by atoms with van der Waals surface area (Å²) >= 11 is 12.4. The van der Waals surface area contributed by atoms with Gasteiger partial charge in [0.1, 0.15) is 4.32 Å². The zero-order valence-corrected chi connectivity index (χ0v) is 14.0. The molecular weight excluding hydrogens is 362 g/mol. The molecular formula is C14H10ClNO5S2. The lowest BCUT2D eigenvalue weighted by molar-refractivity contribution is -0.137. The van der Waals surface area contributed by atoms with E-state index in [9.17, 15) is 9.59 Å². The van der Waals surface area contributed by atoms with Crippen molar-refractivity contribution in [1.29, 1.82) is 0 Å². The van der Waals surface area contributed by atoms with Gasteiger partial charge in [0.25, 0.3) is 5.91 Å². The maximum absolute atomic E-state index is 12.3. The second-order valence-electron chi connectivity index (χ2n) is 4.71. The Morgan fingerprint density at radius 3 is 3.00 bits per heavy atom. The summed E-state index contributed by atoms with van der Waals surface area (Å²) in [5, 5.41) is 9.12. The van der Waals surface area contributed by atoms with E-state index in [1.54, 1.807) is 18.2 Å². The summed E-state index contributed by atoms with van der Waals surface area (Å²) in [6.07, 6.45) is 1.49. The Balaban J connectivity index is 1.83. The predicted octanol–water partition coefficient (Wildman–Crippen LogP) is 2.74. The lowest BCUT2D eigenvalue weighted by Gasteiger charge is -2.12. The van der Waals surface area contributed by atoms with E-state index in [2.05, 4.69) is 0 Å². The number of halogens is 1. The highest BCUT2D eigenvalue weighted by atomic mass is 35.5. The van der Waals surface area contributed by atoms with Gasteiger partial charge in [0.15, 0.2) is 11.5 Å². The van der Waals surface area contributed by atoms with Gasteiger partial charge >= 0.3 is 5.97 Å². The molecule has 9 heteroatoms. The highest BCUT2D eigenvalue weighted by Crippen LogP contribution is 2.41. The van der Waals surface area contributed by atoms with Gasteiger partial charge in [0.05, 0.1) is 16.3 Å². The molecule has 1 N–H and O–H groups in total. The summed E-state index contributed by atoms with van der Waals surface area (Å²) in [6.45, 7) is 0.162. The van der Waals surface area contributed by atoms with Crippen LogP contribution in [0.3, 0.4) is 0 Å². The Hall–Kier alpha value is -1.77. The van der Waals surface area contributed by atoms with Crippen LogP contribution in [0.2, 0.25) is 5.02 Å². The topological polar surface area (TPSA) is 76.1 Å². The molecule has 0 spiro atoms. The van der Waals surface area contributed by atoms with Gasteiger partial charge in [-0.2, -0.15) is 0 Å². The zero-order chi connectivity index (χ0) is 16.6. The first-order valence-electron chi connectivity index (χ1n) is 6.52. The van der Waals surface area contributed by atoms with Crippen LogP contribution in [0.15, 0.2) is 17.0 Å². The number of thioether (sulfide) groups is 1. The van der Waals surface area contributed by atoms with E-state index in [0.29, 0.717) is 31.3 Å². The molecule has 1 aromatic rings. The van der Waals surface area contributed by atoms with Crippen molar-refractivity contribution in [3.63, 3.8) is 0 Å². The summed E-state index contributed by atoms with van der Waals surface area (Å²) in [4.78, 5) is 24.7. The quantitative estimate of drug-likeness (QED) is 0.644. The predicted molar refractivity (Wildman–Crippen MR) is 89.7 cm³/mol. The van der Waals surface area contributed by atoms with E-state index in [4.69, 9.17) is 38.4 Å². The number of amides is 1. The van der Waals surface area contributed by atoms with E-state index in [1.165, 1.54) is 4.90 Å². The van der Waals surface area contributed by atoms with Gasteiger partial charge in [0, 0.05) is 6.54 Å². The molecule has 1 saturated heterocycles. The van der Waals surface area contributed by atoms with Gasteiger partial charge in [-0.1, -0.05) is 35.6 Å².